The number of hydrogen-bond donors (Lipinski definition) is 1. The highest BCUT2D eigenvalue weighted by molar-refractivity contribution is 14.1. The Morgan fingerprint density at radius 1 is 1.28 bits per heavy atom. The van der Waals surface area contributed by atoms with Crippen LogP contribution in [0.25, 0.3) is 0 Å². The number of anilines is 1. The molecule has 0 aliphatic rings. The smallest absolute Gasteiger partial charge is 0.293 e. The van der Waals surface area contributed by atoms with Gasteiger partial charge >= 0.3 is 0 Å². The zero-order valence-corrected chi connectivity index (χ0v) is 11.5. The van der Waals surface area contributed by atoms with Crippen molar-refractivity contribution in [3.05, 3.63) is 62.0 Å². The van der Waals surface area contributed by atoms with Crippen molar-refractivity contribution < 1.29 is 4.92 Å². The summed E-state index contributed by atoms with van der Waals surface area (Å²) in [5.41, 5.74) is 1.64. The fourth-order valence-corrected chi connectivity index (χ4v) is 1.98. The van der Waals surface area contributed by atoms with E-state index < -0.39 is 0 Å². The van der Waals surface area contributed by atoms with E-state index in [1.54, 1.807) is 24.5 Å². The lowest BCUT2D eigenvalue weighted by Gasteiger charge is -2.07. The molecule has 1 N–H and O–H groups in total. The number of nitro groups is 1. The highest BCUT2D eigenvalue weighted by Gasteiger charge is 2.13. The van der Waals surface area contributed by atoms with Crippen LogP contribution >= 0.6 is 22.6 Å². The van der Waals surface area contributed by atoms with Crippen molar-refractivity contribution in [2.45, 2.75) is 6.54 Å². The van der Waals surface area contributed by atoms with E-state index in [0.29, 0.717) is 12.2 Å². The molecule has 0 unspecified atom stereocenters. The molecule has 0 amide bonds. The summed E-state index contributed by atoms with van der Waals surface area (Å²) in [6.45, 7) is 0.532. The van der Waals surface area contributed by atoms with E-state index in [1.165, 1.54) is 0 Å². The van der Waals surface area contributed by atoms with Crippen LogP contribution in [0, 0.1) is 13.7 Å². The second kappa shape index (κ2) is 5.76. The van der Waals surface area contributed by atoms with Crippen LogP contribution in [0.2, 0.25) is 0 Å². The predicted octanol–water partition coefficient (Wildman–Crippen LogP) is 3.21. The van der Waals surface area contributed by atoms with Gasteiger partial charge in [0.2, 0.25) is 0 Å². The van der Waals surface area contributed by atoms with Gasteiger partial charge < -0.3 is 5.32 Å². The Morgan fingerprint density at radius 2 is 2.00 bits per heavy atom. The predicted molar refractivity (Wildman–Crippen MR) is 77.4 cm³/mol. The number of nitrogens with one attached hydrogen (secondary N) is 1. The maximum Gasteiger partial charge on any atom is 0.293 e. The van der Waals surface area contributed by atoms with Crippen molar-refractivity contribution in [1.82, 2.24) is 4.98 Å². The van der Waals surface area contributed by atoms with Gasteiger partial charge in [0.05, 0.1) is 4.92 Å². The molecule has 1 aromatic heterocycles. The molecule has 18 heavy (non-hydrogen) atoms. The fourth-order valence-electron chi connectivity index (χ4n) is 1.50. The van der Waals surface area contributed by atoms with Crippen LogP contribution in [-0.4, -0.2) is 9.91 Å². The topological polar surface area (TPSA) is 68.1 Å². The van der Waals surface area contributed by atoms with E-state index in [-0.39, 0.29) is 10.6 Å². The Labute approximate surface area is 118 Å². The fraction of sp³-hybridized carbons (Fsp3) is 0.0833. The molecule has 92 valence electrons. The molecule has 0 aliphatic carbocycles. The summed E-state index contributed by atoms with van der Waals surface area (Å²) in [6.07, 6.45) is 3.39. The lowest BCUT2D eigenvalue weighted by atomic mass is 10.2. The van der Waals surface area contributed by atoms with Crippen LogP contribution in [0.4, 0.5) is 11.4 Å². The number of nitro benzene ring substituents is 1. The van der Waals surface area contributed by atoms with Crippen LogP contribution in [0.15, 0.2) is 42.7 Å². The van der Waals surface area contributed by atoms with Gasteiger partial charge in [-0.3, -0.25) is 15.1 Å². The molecule has 1 heterocycles. The largest absolute Gasteiger partial charge is 0.375 e. The van der Waals surface area contributed by atoms with Gasteiger partial charge in [-0.15, -0.1) is 0 Å². The Kier molecular flexibility index (Phi) is 4.08. The minimum atomic E-state index is -0.378. The summed E-state index contributed by atoms with van der Waals surface area (Å²) in [7, 11) is 0. The number of benzene rings is 1. The number of nitrogens with zero attached hydrogens (tertiary/aromatic N) is 2. The van der Waals surface area contributed by atoms with Gasteiger partial charge in [-0.2, -0.15) is 0 Å². The van der Waals surface area contributed by atoms with Gasteiger partial charge in [0.15, 0.2) is 0 Å². The van der Waals surface area contributed by atoms with Gasteiger partial charge in [-0.05, 0) is 52.4 Å². The molecular weight excluding hydrogens is 345 g/mol. The van der Waals surface area contributed by atoms with E-state index in [9.17, 15) is 10.1 Å². The van der Waals surface area contributed by atoms with Crippen LogP contribution in [0.1, 0.15) is 5.56 Å². The second-order valence-corrected chi connectivity index (χ2v) is 4.87. The van der Waals surface area contributed by atoms with Crippen molar-refractivity contribution in [3.8, 4) is 0 Å². The van der Waals surface area contributed by atoms with Gasteiger partial charge in [0.1, 0.15) is 5.69 Å². The van der Waals surface area contributed by atoms with Crippen LogP contribution in [0.5, 0.6) is 0 Å². The first-order chi connectivity index (χ1) is 8.66. The maximum absolute atomic E-state index is 10.9. The molecule has 0 saturated carbocycles. The van der Waals surface area contributed by atoms with Crippen LogP contribution in [0.3, 0.4) is 0 Å². The molecule has 0 saturated heterocycles. The highest BCUT2D eigenvalue weighted by Crippen LogP contribution is 2.26. The first kappa shape index (κ1) is 12.7. The van der Waals surface area contributed by atoms with Crippen molar-refractivity contribution in [1.29, 1.82) is 0 Å². The van der Waals surface area contributed by atoms with E-state index in [1.807, 2.05) is 18.2 Å². The molecule has 1 aromatic carbocycles. The summed E-state index contributed by atoms with van der Waals surface area (Å²) in [4.78, 5) is 14.5. The average molecular weight is 355 g/mol. The molecule has 2 aromatic rings. The number of halogens is 1. The first-order valence-corrected chi connectivity index (χ1v) is 6.31. The average Bonchev–Trinajstić information content (AvgIpc) is 2.38. The monoisotopic (exact) mass is 355 g/mol. The number of aromatic nitrogens is 1. The molecule has 0 spiro atoms. The molecule has 5 nitrogen and oxygen atoms in total. The number of pyridine rings is 1. The number of hydrogen-bond acceptors (Lipinski definition) is 4. The highest BCUT2D eigenvalue weighted by atomic mass is 127. The summed E-state index contributed by atoms with van der Waals surface area (Å²) in [5.74, 6) is 0. The van der Waals surface area contributed by atoms with Gasteiger partial charge in [-0.1, -0.05) is 0 Å². The minimum Gasteiger partial charge on any atom is -0.375 e. The molecule has 0 atom stereocenters. The normalized spacial score (nSPS) is 10.1. The molecule has 0 fully saturated rings. The Morgan fingerprint density at radius 3 is 2.67 bits per heavy atom. The van der Waals surface area contributed by atoms with E-state index in [2.05, 4.69) is 32.9 Å². The van der Waals surface area contributed by atoms with Gasteiger partial charge in [0, 0.05) is 28.6 Å². The molecule has 0 radical (unpaired) electrons. The van der Waals surface area contributed by atoms with Crippen molar-refractivity contribution >= 4 is 34.0 Å². The summed E-state index contributed by atoms with van der Waals surface area (Å²) >= 11 is 2.05. The maximum atomic E-state index is 10.9. The van der Waals surface area contributed by atoms with Crippen molar-refractivity contribution in [2.75, 3.05) is 5.32 Å². The van der Waals surface area contributed by atoms with Gasteiger partial charge in [0.25, 0.3) is 5.69 Å². The van der Waals surface area contributed by atoms with Crippen molar-refractivity contribution in [2.24, 2.45) is 0 Å². The third kappa shape index (κ3) is 3.16. The SMILES string of the molecule is O=[N+]([O-])c1cc(I)ccc1NCc1ccncc1. The lowest BCUT2D eigenvalue weighted by molar-refractivity contribution is -0.384. The van der Waals surface area contributed by atoms with Crippen LogP contribution in [-0.2, 0) is 6.54 Å². The molecular formula is C12H10IN3O2. The molecule has 0 aliphatic heterocycles. The third-order valence-electron chi connectivity index (χ3n) is 2.39. The zero-order chi connectivity index (χ0) is 13.0. The third-order valence-corrected chi connectivity index (χ3v) is 3.06. The lowest BCUT2D eigenvalue weighted by Crippen LogP contribution is -2.02. The quantitative estimate of drug-likeness (QED) is 0.520. The van der Waals surface area contributed by atoms with Gasteiger partial charge in [-0.25, -0.2) is 0 Å². The van der Waals surface area contributed by atoms with E-state index in [0.717, 1.165) is 9.13 Å². The standard InChI is InChI=1S/C12H10IN3O2/c13-10-1-2-11(12(7-10)16(17)18)15-8-9-3-5-14-6-4-9/h1-7,15H,8H2. The molecule has 0 bridgehead atoms. The Balaban J connectivity index is 2.17. The molecule has 2 rings (SSSR count). The zero-order valence-electron chi connectivity index (χ0n) is 9.34. The Bertz CT molecular complexity index is 561. The Hall–Kier alpha value is -1.70. The van der Waals surface area contributed by atoms with Crippen molar-refractivity contribution in [3.63, 3.8) is 0 Å². The molecule has 6 heteroatoms. The minimum absolute atomic E-state index is 0.0935. The van der Waals surface area contributed by atoms with E-state index in [4.69, 9.17) is 0 Å². The van der Waals surface area contributed by atoms with E-state index >= 15 is 0 Å². The summed E-state index contributed by atoms with van der Waals surface area (Å²) in [5, 5.41) is 14.0. The van der Waals surface area contributed by atoms with Crippen LogP contribution < -0.4 is 5.32 Å². The number of rotatable bonds is 4. The first-order valence-electron chi connectivity index (χ1n) is 5.23. The summed E-state index contributed by atoms with van der Waals surface area (Å²) < 4.78 is 0.841. The summed E-state index contributed by atoms with van der Waals surface area (Å²) in [6, 6.07) is 8.84. The second-order valence-electron chi connectivity index (χ2n) is 3.63.